The van der Waals surface area contributed by atoms with E-state index in [0.29, 0.717) is 6.04 Å². The van der Waals surface area contributed by atoms with Gasteiger partial charge in [-0.15, -0.1) is 0 Å². The first-order valence-corrected chi connectivity index (χ1v) is 8.08. The Bertz CT molecular complexity index is 360. The normalized spacial score (nSPS) is 13.0. The van der Waals surface area contributed by atoms with Gasteiger partial charge in [0.05, 0.1) is 0 Å². The minimum atomic E-state index is 0.485. The van der Waals surface area contributed by atoms with Gasteiger partial charge in [0.2, 0.25) is 0 Å². The zero-order valence-corrected chi connectivity index (χ0v) is 13.2. The van der Waals surface area contributed by atoms with Crippen LogP contribution < -0.4 is 5.32 Å². The molecule has 1 N–H and O–H groups in total. The van der Waals surface area contributed by atoms with Crippen molar-refractivity contribution in [2.45, 2.75) is 40.7 Å². The van der Waals surface area contributed by atoms with E-state index in [1.54, 1.807) is 0 Å². The largest absolute Gasteiger partial charge is 0.310 e. The van der Waals surface area contributed by atoms with Gasteiger partial charge < -0.3 is 5.32 Å². The molecular weight excluding hydrogens is 238 g/mol. The Morgan fingerprint density at radius 2 is 1.89 bits per heavy atom. The molecule has 1 aromatic carbocycles. The van der Waals surface area contributed by atoms with Crippen LogP contribution in [0.4, 0.5) is 0 Å². The number of rotatable bonds is 7. The second-order valence-corrected chi connectivity index (χ2v) is 6.48. The lowest BCUT2D eigenvalue weighted by atomic mass is 10.00. The van der Waals surface area contributed by atoms with Gasteiger partial charge in [0.1, 0.15) is 0 Å². The van der Waals surface area contributed by atoms with Crippen LogP contribution >= 0.6 is 11.8 Å². The summed E-state index contributed by atoms with van der Waals surface area (Å²) in [5, 5.41) is 3.62. The number of aryl methyl sites for hydroxylation is 2. The fourth-order valence-corrected chi connectivity index (χ4v) is 3.20. The third kappa shape index (κ3) is 5.03. The van der Waals surface area contributed by atoms with E-state index in [9.17, 15) is 0 Å². The average molecular weight is 265 g/mol. The van der Waals surface area contributed by atoms with Crippen molar-refractivity contribution in [1.29, 1.82) is 0 Å². The summed E-state index contributed by atoms with van der Waals surface area (Å²) in [5.41, 5.74) is 4.22. The smallest absolute Gasteiger partial charge is 0.0414 e. The first-order valence-electron chi connectivity index (χ1n) is 6.92. The van der Waals surface area contributed by atoms with Gasteiger partial charge in [-0.3, -0.25) is 0 Å². The number of hydrogen-bond acceptors (Lipinski definition) is 2. The van der Waals surface area contributed by atoms with Crippen molar-refractivity contribution in [1.82, 2.24) is 5.32 Å². The summed E-state index contributed by atoms with van der Waals surface area (Å²) in [5.74, 6) is 3.18. The third-order valence-corrected chi connectivity index (χ3v) is 4.47. The maximum absolute atomic E-state index is 3.62. The Morgan fingerprint density at radius 3 is 2.50 bits per heavy atom. The van der Waals surface area contributed by atoms with E-state index in [1.165, 1.54) is 22.4 Å². The molecule has 0 aliphatic heterocycles. The van der Waals surface area contributed by atoms with E-state index in [0.717, 1.165) is 18.2 Å². The number of nitrogens with one attached hydrogen (secondary N) is 1. The Hall–Kier alpha value is -0.470. The molecule has 0 fully saturated rings. The van der Waals surface area contributed by atoms with Crippen molar-refractivity contribution < 1.29 is 0 Å². The van der Waals surface area contributed by atoms with Gasteiger partial charge in [-0.2, -0.15) is 11.8 Å². The van der Waals surface area contributed by atoms with E-state index in [-0.39, 0.29) is 0 Å². The van der Waals surface area contributed by atoms with E-state index in [4.69, 9.17) is 0 Å². The molecule has 0 saturated heterocycles. The molecule has 0 aliphatic rings. The van der Waals surface area contributed by atoms with Crippen molar-refractivity contribution in [2.75, 3.05) is 18.1 Å². The lowest BCUT2D eigenvalue weighted by molar-refractivity contribution is 0.601. The highest BCUT2D eigenvalue weighted by Gasteiger charge is 2.13. The zero-order valence-electron chi connectivity index (χ0n) is 12.4. The second-order valence-electron chi connectivity index (χ2n) is 5.40. The molecule has 1 unspecified atom stereocenters. The van der Waals surface area contributed by atoms with E-state index in [1.807, 2.05) is 0 Å². The van der Waals surface area contributed by atoms with Gasteiger partial charge in [0, 0.05) is 11.8 Å². The van der Waals surface area contributed by atoms with Gasteiger partial charge in [0.25, 0.3) is 0 Å². The molecule has 0 saturated carbocycles. The molecular formula is C16H27NS. The highest BCUT2D eigenvalue weighted by atomic mass is 32.2. The van der Waals surface area contributed by atoms with Gasteiger partial charge >= 0.3 is 0 Å². The molecule has 102 valence electrons. The van der Waals surface area contributed by atoms with Crippen molar-refractivity contribution in [3.8, 4) is 0 Å². The van der Waals surface area contributed by atoms with Crippen molar-refractivity contribution in [3.63, 3.8) is 0 Å². The summed E-state index contributed by atoms with van der Waals surface area (Å²) in [4.78, 5) is 0. The lowest BCUT2D eigenvalue weighted by Crippen LogP contribution is -2.24. The monoisotopic (exact) mass is 265 g/mol. The third-order valence-electron chi connectivity index (χ3n) is 3.00. The molecule has 1 atom stereocenters. The van der Waals surface area contributed by atoms with Gasteiger partial charge in [0.15, 0.2) is 0 Å². The van der Waals surface area contributed by atoms with E-state index >= 15 is 0 Å². The predicted octanol–water partition coefficient (Wildman–Crippen LogP) is 4.34. The van der Waals surface area contributed by atoms with Crippen molar-refractivity contribution >= 4 is 11.8 Å². The number of benzene rings is 1. The van der Waals surface area contributed by atoms with Gasteiger partial charge in [-0.05, 0) is 43.2 Å². The fraction of sp³-hybridized carbons (Fsp3) is 0.625. The molecule has 0 spiro atoms. The second kappa shape index (κ2) is 7.85. The van der Waals surface area contributed by atoms with Crippen LogP contribution in [0.1, 0.15) is 43.5 Å². The Morgan fingerprint density at radius 1 is 1.17 bits per heavy atom. The average Bonchev–Trinajstić information content (AvgIpc) is 2.31. The molecule has 18 heavy (non-hydrogen) atoms. The minimum absolute atomic E-state index is 0.485. The van der Waals surface area contributed by atoms with Crippen LogP contribution in [-0.4, -0.2) is 18.1 Å². The summed E-state index contributed by atoms with van der Waals surface area (Å²) >= 11 is 2.06. The van der Waals surface area contributed by atoms with E-state index < -0.39 is 0 Å². The molecule has 1 nitrogen and oxygen atoms in total. The quantitative estimate of drug-likeness (QED) is 0.787. The van der Waals surface area contributed by atoms with Gasteiger partial charge in [-0.25, -0.2) is 0 Å². The molecule has 0 aromatic heterocycles. The summed E-state index contributed by atoms with van der Waals surface area (Å²) in [6, 6.07) is 7.25. The molecule has 0 amide bonds. The maximum Gasteiger partial charge on any atom is 0.0414 e. The molecule has 0 heterocycles. The summed E-state index contributed by atoms with van der Waals surface area (Å²) < 4.78 is 0. The summed E-state index contributed by atoms with van der Waals surface area (Å²) in [6.45, 7) is 12.2. The molecule has 0 radical (unpaired) electrons. The molecule has 0 aliphatic carbocycles. The standard InChI is InChI=1S/C16H27NS/c1-6-17-16(11-18-10-12(2)3)15-9-13(4)7-8-14(15)5/h7-9,12,16-17H,6,10-11H2,1-5H3. The van der Waals surface area contributed by atoms with Crippen molar-refractivity contribution in [2.24, 2.45) is 5.92 Å². The summed E-state index contributed by atoms with van der Waals surface area (Å²) in [6.07, 6.45) is 0. The fourth-order valence-electron chi connectivity index (χ4n) is 2.06. The van der Waals surface area contributed by atoms with Crippen LogP contribution in [-0.2, 0) is 0 Å². The number of hydrogen-bond donors (Lipinski definition) is 1. The minimum Gasteiger partial charge on any atom is -0.310 e. The first kappa shape index (κ1) is 15.6. The molecule has 2 heteroatoms. The summed E-state index contributed by atoms with van der Waals surface area (Å²) in [7, 11) is 0. The molecule has 1 aromatic rings. The van der Waals surface area contributed by atoms with Crippen LogP contribution in [0, 0.1) is 19.8 Å². The number of thioether (sulfide) groups is 1. The highest BCUT2D eigenvalue weighted by Crippen LogP contribution is 2.23. The van der Waals surface area contributed by atoms with Crippen LogP contribution in [0.25, 0.3) is 0 Å². The van der Waals surface area contributed by atoms with E-state index in [2.05, 4.69) is 69.9 Å². The van der Waals surface area contributed by atoms with Crippen LogP contribution in [0.5, 0.6) is 0 Å². The molecule has 1 rings (SSSR count). The first-order chi connectivity index (χ1) is 8.54. The SMILES string of the molecule is CCNC(CSCC(C)C)c1cc(C)ccc1C. The predicted molar refractivity (Wildman–Crippen MR) is 84.5 cm³/mol. The zero-order chi connectivity index (χ0) is 13.5. The van der Waals surface area contributed by atoms with Crippen LogP contribution in [0.2, 0.25) is 0 Å². The van der Waals surface area contributed by atoms with Crippen molar-refractivity contribution in [3.05, 3.63) is 34.9 Å². The molecule has 0 bridgehead atoms. The topological polar surface area (TPSA) is 12.0 Å². The Labute approximate surface area is 117 Å². The highest BCUT2D eigenvalue weighted by molar-refractivity contribution is 7.99. The van der Waals surface area contributed by atoms with Crippen LogP contribution in [0.3, 0.4) is 0 Å². The Kier molecular flexibility index (Phi) is 6.80. The lowest BCUT2D eigenvalue weighted by Gasteiger charge is -2.21. The maximum atomic E-state index is 3.62. The van der Waals surface area contributed by atoms with Crippen LogP contribution in [0.15, 0.2) is 18.2 Å². The Balaban J connectivity index is 2.73. The van der Waals surface area contributed by atoms with Gasteiger partial charge in [-0.1, -0.05) is 44.5 Å².